The van der Waals surface area contributed by atoms with Crippen molar-refractivity contribution in [2.24, 2.45) is 5.92 Å². The number of hydrogen-bond donors (Lipinski definition) is 9. The molecule has 368 valence electrons. The van der Waals surface area contributed by atoms with Gasteiger partial charge in [-0.05, 0) is 32.1 Å². The summed E-state index contributed by atoms with van der Waals surface area (Å²) in [5.74, 6) is -2.63. The quantitative estimate of drug-likeness (QED) is 0.0319. The van der Waals surface area contributed by atoms with Gasteiger partial charge in [0, 0.05) is 25.2 Å². The molecule has 0 aromatic rings. The van der Waals surface area contributed by atoms with E-state index in [1.165, 1.54) is 57.4 Å². The van der Waals surface area contributed by atoms with Gasteiger partial charge in [0.25, 0.3) is 0 Å². The molecule has 1 fully saturated rings. The van der Waals surface area contributed by atoms with Crippen LogP contribution in [0.4, 0.5) is 0 Å². The number of esters is 2. The van der Waals surface area contributed by atoms with Gasteiger partial charge in [-0.2, -0.15) is 0 Å². The Morgan fingerprint density at radius 3 is 2.02 bits per heavy atom. The fourth-order valence-corrected chi connectivity index (χ4v) is 8.66. The lowest BCUT2D eigenvalue weighted by Gasteiger charge is -2.39. The Morgan fingerprint density at radius 1 is 0.794 bits per heavy atom. The second-order valence-corrected chi connectivity index (χ2v) is 18.6. The van der Waals surface area contributed by atoms with Crippen LogP contribution >= 0.6 is 7.82 Å². The zero-order chi connectivity index (χ0) is 46.6. The number of rotatable bonds is 21. The number of hydrogen-bond acceptors (Lipinski definition) is 16. The van der Waals surface area contributed by atoms with Crippen molar-refractivity contribution in [3.8, 4) is 0 Å². The molecule has 63 heavy (non-hydrogen) atoms. The standard InChI is InChI=1S/C45H81O17P/c1-3-5-7-8-9-10-11-12-13-14-15-16-22-26-38(49)60-33-30-58-37(48)25-21-18-17-20-24-34-35(47)29-39(50)61-36(28-27-32(46)23-19-6-4-2)41(52)43(54)45(44(55)42(53)40(34)51)62-63(56,57)59-31-33/h17,20,27-28,32-36,39-47,50-55H,3-16,18-19,21-26,29-31H2,1-2H3,(H,56,57)/t32-,33+,34-,35-,36+,39?,40+,41+,42-,43+,44+,45+/m0/s1. The number of unbranched alkanes of at least 4 members (excludes halogenated alkanes) is 14. The summed E-state index contributed by atoms with van der Waals surface area (Å²) >= 11 is 0. The summed E-state index contributed by atoms with van der Waals surface area (Å²) in [5, 5.41) is 89.3. The van der Waals surface area contributed by atoms with Crippen molar-refractivity contribution < 1.29 is 83.2 Å². The minimum absolute atomic E-state index is 0.0260. The van der Waals surface area contributed by atoms with Gasteiger partial charge in [-0.25, -0.2) is 4.57 Å². The number of cyclic esters (lactones) is 1. The number of carbonyl (C=O) groups is 2. The van der Waals surface area contributed by atoms with E-state index in [1.807, 2.05) is 6.92 Å². The van der Waals surface area contributed by atoms with Crippen LogP contribution in [-0.2, 0) is 37.4 Å². The van der Waals surface area contributed by atoms with Gasteiger partial charge < -0.3 is 60.0 Å². The van der Waals surface area contributed by atoms with Crippen molar-refractivity contribution in [3.05, 3.63) is 24.3 Å². The molecule has 0 saturated carbocycles. The molecule has 0 amide bonds. The lowest BCUT2D eigenvalue weighted by molar-refractivity contribution is -0.213. The highest BCUT2D eigenvalue weighted by Gasteiger charge is 2.48. The molecule has 2 bridgehead atoms. The highest BCUT2D eigenvalue weighted by molar-refractivity contribution is 7.47. The maximum Gasteiger partial charge on any atom is 0.472 e. The normalized spacial score (nSPS) is 32.9. The van der Waals surface area contributed by atoms with Crippen LogP contribution in [-0.4, -0.2) is 138 Å². The maximum absolute atomic E-state index is 13.5. The number of aliphatic hydroxyl groups is 8. The molecule has 13 atom stereocenters. The van der Waals surface area contributed by atoms with E-state index in [1.54, 1.807) is 12.2 Å². The first-order valence-corrected chi connectivity index (χ1v) is 25.0. The highest BCUT2D eigenvalue weighted by atomic mass is 31.2. The minimum Gasteiger partial charge on any atom is -0.462 e. The molecule has 9 N–H and O–H groups in total. The first-order chi connectivity index (χ1) is 30.1. The molecule has 2 rings (SSSR count). The first kappa shape index (κ1) is 57.3. The molecule has 0 spiro atoms. The molecular weight excluding hydrogens is 843 g/mol. The molecule has 2 unspecified atom stereocenters. The molecule has 2 aliphatic heterocycles. The van der Waals surface area contributed by atoms with Gasteiger partial charge in [0.1, 0.15) is 43.2 Å². The van der Waals surface area contributed by atoms with Gasteiger partial charge in [-0.15, -0.1) is 0 Å². The number of allylic oxidation sites excluding steroid dienone is 2. The molecule has 1 saturated heterocycles. The van der Waals surface area contributed by atoms with Crippen LogP contribution in [0.1, 0.15) is 162 Å². The van der Waals surface area contributed by atoms with Gasteiger partial charge in [0.15, 0.2) is 12.4 Å². The molecule has 0 radical (unpaired) electrons. The van der Waals surface area contributed by atoms with E-state index < -0.39 is 113 Å². The van der Waals surface area contributed by atoms with Crippen LogP contribution in [0.2, 0.25) is 0 Å². The lowest BCUT2D eigenvalue weighted by atomic mass is 9.83. The molecule has 18 heteroatoms. The summed E-state index contributed by atoms with van der Waals surface area (Å²) in [4.78, 5) is 36.4. The molecule has 17 nitrogen and oxygen atoms in total. The lowest BCUT2D eigenvalue weighted by Crippen LogP contribution is -2.58. The fourth-order valence-electron chi connectivity index (χ4n) is 7.69. The van der Waals surface area contributed by atoms with Crippen molar-refractivity contribution >= 4 is 19.8 Å². The monoisotopic (exact) mass is 925 g/mol. The average Bonchev–Trinajstić information content (AvgIpc) is 3.24. The fraction of sp³-hybridized carbons (Fsp3) is 0.867. The predicted octanol–water partition coefficient (Wildman–Crippen LogP) is 4.94. The summed E-state index contributed by atoms with van der Waals surface area (Å²) in [6, 6.07) is 0. The summed E-state index contributed by atoms with van der Waals surface area (Å²) in [7, 11) is -5.47. The van der Waals surface area contributed by atoms with Crippen molar-refractivity contribution in [2.75, 3.05) is 13.2 Å². The van der Waals surface area contributed by atoms with Crippen LogP contribution in [0.25, 0.3) is 0 Å². The van der Waals surface area contributed by atoms with E-state index in [0.29, 0.717) is 32.1 Å². The van der Waals surface area contributed by atoms with Crippen molar-refractivity contribution in [1.29, 1.82) is 0 Å². The van der Waals surface area contributed by atoms with E-state index in [4.69, 9.17) is 23.3 Å². The Labute approximate surface area is 374 Å². The Morgan fingerprint density at radius 2 is 1.38 bits per heavy atom. The third-order valence-electron chi connectivity index (χ3n) is 11.6. The van der Waals surface area contributed by atoms with Gasteiger partial charge in [0.2, 0.25) is 0 Å². The first-order valence-electron chi connectivity index (χ1n) is 23.5. The topological polar surface area (TPSA) is 279 Å². The second kappa shape index (κ2) is 32.8. The Kier molecular flexibility index (Phi) is 29.8. The predicted molar refractivity (Wildman–Crippen MR) is 234 cm³/mol. The number of fused-ring (bicyclic) bond motifs is 4. The second-order valence-electron chi connectivity index (χ2n) is 17.1. The maximum atomic E-state index is 13.5. The number of aliphatic hydroxyl groups excluding tert-OH is 8. The number of carbonyl (C=O) groups excluding carboxylic acids is 2. The van der Waals surface area contributed by atoms with Gasteiger partial charge in [-0.3, -0.25) is 18.6 Å². The SMILES string of the molecule is CCCCCCCCCCCCCCCC(=O)O[C@@H]1COC(=O)CCCC=CC[C@@H]2[C@@H](O)[C@H](O)[C@@H](O)[C@H](OP(=O)(O)OC1)[C@H](O)[C@H](O)[C@@H](C=C[C@@H](O)CCCCC)OC(O)C[C@@H]2O. The number of phosphoric ester groups is 1. The van der Waals surface area contributed by atoms with Gasteiger partial charge in [-0.1, -0.05) is 134 Å². The van der Waals surface area contributed by atoms with E-state index in [0.717, 1.165) is 44.6 Å². The van der Waals surface area contributed by atoms with E-state index >= 15 is 0 Å². The Hall–Kier alpha value is -1.83. The third-order valence-corrected chi connectivity index (χ3v) is 12.6. The minimum atomic E-state index is -5.47. The van der Waals surface area contributed by atoms with E-state index in [-0.39, 0.29) is 19.3 Å². The summed E-state index contributed by atoms with van der Waals surface area (Å²) in [6.07, 6.45) is 1.41. The largest absolute Gasteiger partial charge is 0.472 e. The molecular formula is C45H81O17P. The molecule has 0 aliphatic carbocycles. The van der Waals surface area contributed by atoms with Crippen LogP contribution in [0, 0.1) is 5.92 Å². The Bertz CT molecular complexity index is 1330. The van der Waals surface area contributed by atoms with Crippen LogP contribution in [0.5, 0.6) is 0 Å². The summed E-state index contributed by atoms with van der Waals surface area (Å²) in [6.45, 7) is 2.78. The van der Waals surface area contributed by atoms with Gasteiger partial charge >= 0.3 is 19.8 Å². The van der Waals surface area contributed by atoms with Crippen molar-refractivity contribution in [1.82, 2.24) is 0 Å². The molecule has 2 aliphatic rings. The van der Waals surface area contributed by atoms with E-state index in [9.17, 15) is 59.9 Å². The molecule has 0 aromatic carbocycles. The van der Waals surface area contributed by atoms with Crippen LogP contribution < -0.4 is 0 Å². The number of ether oxygens (including phenoxy) is 3. The van der Waals surface area contributed by atoms with Crippen LogP contribution in [0.3, 0.4) is 0 Å². The zero-order valence-electron chi connectivity index (χ0n) is 37.7. The average molecular weight is 925 g/mol. The third kappa shape index (κ3) is 24.0. The molecule has 2 heterocycles. The van der Waals surface area contributed by atoms with E-state index in [2.05, 4.69) is 6.92 Å². The smallest absolute Gasteiger partial charge is 0.462 e. The Balaban J connectivity index is 2.26. The summed E-state index contributed by atoms with van der Waals surface area (Å²) < 4.78 is 40.3. The van der Waals surface area contributed by atoms with Gasteiger partial charge in [0.05, 0.1) is 24.9 Å². The van der Waals surface area contributed by atoms with Crippen molar-refractivity contribution in [2.45, 2.75) is 229 Å². The zero-order valence-corrected chi connectivity index (χ0v) is 38.5. The van der Waals surface area contributed by atoms with Crippen molar-refractivity contribution in [3.63, 3.8) is 0 Å². The van der Waals surface area contributed by atoms with Crippen LogP contribution in [0.15, 0.2) is 24.3 Å². The summed E-state index contributed by atoms with van der Waals surface area (Å²) in [5.41, 5.74) is 0. The highest BCUT2D eigenvalue weighted by Crippen LogP contribution is 2.47. The molecule has 0 aromatic heterocycles. The number of phosphoric acid groups is 1.